The second-order valence-corrected chi connectivity index (χ2v) is 7.27. The van der Waals surface area contributed by atoms with E-state index in [9.17, 15) is 9.90 Å². The van der Waals surface area contributed by atoms with Gasteiger partial charge in [-0.05, 0) is 37.6 Å². The number of nitrogens with zero attached hydrogens (tertiary/aromatic N) is 1. The van der Waals surface area contributed by atoms with Crippen LogP contribution in [0.25, 0.3) is 0 Å². The monoisotopic (exact) mass is 372 g/mol. The van der Waals surface area contributed by atoms with E-state index < -0.39 is 6.10 Å². The zero-order valence-corrected chi connectivity index (χ0v) is 15.9. The number of carbonyl (C=O) groups excluding carboxylic acids is 1. The lowest BCUT2D eigenvalue weighted by Crippen LogP contribution is -2.47. The van der Waals surface area contributed by atoms with Gasteiger partial charge in [-0.25, -0.2) is 0 Å². The number of amides is 1. The molecule has 27 heavy (non-hydrogen) atoms. The van der Waals surface area contributed by atoms with Gasteiger partial charge in [0.2, 0.25) is 0 Å². The molecule has 2 N–H and O–H groups in total. The maximum atomic E-state index is 12.8. The number of aliphatic hydroxyl groups excluding tert-OH is 1. The van der Waals surface area contributed by atoms with Crippen molar-refractivity contribution in [3.63, 3.8) is 0 Å². The van der Waals surface area contributed by atoms with Crippen LogP contribution in [0.3, 0.4) is 0 Å². The van der Waals surface area contributed by atoms with E-state index in [2.05, 4.69) is 16.1 Å². The number of nitrogens with one attached hydrogen (secondary N) is 1. The fourth-order valence-electron chi connectivity index (χ4n) is 3.61. The lowest BCUT2D eigenvalue weighted by Gasteiger charge is -2.35. The summed E-state index contributed by atoms with van der Waals surface area (Å²) in [7, 11) is 0. The van der Waals surface area contributed by atoms with Gasteiger partial charge in [0.25, 0.3) is 5.91 Å². The number of rotatable bonds is 5. The van der Waals surface area contributed by atoms with Crippen LogP contribution in [0.15, 0.2) is 12.1 Å². The maximum absolute atomic E-state index is 12.8. The van der Waals surface area contributed by atoms with Crippen LogP contribution in [-0.4, -0.2) is 61.4 Å². The molecule has 1 fully saturated rings. The Hall–Kier alpha value is -2.23. The van der Waals surface area contributed by atoms with Crippen molar-refractivity contribution < 1.29 is 19.4 Å². The Kier molecular flexibility index (Phi) is 6.59. The van der Waals surface area contributed by atoms with Crippen molar-refractivity contribution in [2.75, 3.05) is 39.4 Å². The number of fused-ring (bicyclic) bond motifs is 1. The minimum Gasteiger partial charge on any atom is -0.490 e. The molecule has 0 radical (unpaired) electrons. The number of aliphatic hydroxyl groups is 1. The van der Waals surface area contributed by atoms with Crippen LogP contribution in [-0.2, 0) is 0 Å². The molecule has 1 amide bonds. The van der Waals surface area contributed by atoms with E-state index in [0.717, 1.165) is 31.5 Å². The number of aryl methyl sites for hydroxylation is 1. The summed E-state index contributed by atoms with van der Waals surface area (Å²) in [5.74, 6) is 3.62. The molecule has 6 heteroatoms. The third kappa shape index (κ3) is 4.94. The van der Waals surface area contributed by atoms with Crippen molar-refractivity contribution in [1.29, 1.82) is 0 Å². The van der Waals surface area contributed by atoms with Crippen LogP contribution < -0.4 is 14.8 Å². The van der Waals surface area contributed by atoms with Gasteiger partial charge in [-0.3, -0.25) is 9.69 Å². The summed E-state index contributed by atoms with van der Waals surface area (Å²) in [6.45, 7) is 5.77. The Balaban J connectivity index is 1.60. The Morgan fingerprint density at radius 1 is 1.41 bits per heavy atom. The second-order valence-electron chi connectivity index (χ2n) is 7.27. The lowest BCUT2D eigenvalue weighted by molar-refractivity contribution is 0.0230. The van der Waals surface area contributed by atoms with E-state index in [4.69, 9.17) is 15.9 Å². The third-order valence-corrected chi connectivity index (χ3v) is 5.14. The van der Waals surface area contributed by atoms with Crippen molar-refractivity contribution in [1.82, 2.24) is 10.2 Å². The summed E-state index contributed by atoms with van der Waals surface area (Å²) in [6.07, 6.45) is 7.15. The Morgan fingerprint density at radius 2 is 2.22 bits per heavy atom. The number of terminal acetylenes is 1. The lowest BCUT2D eigenvalue weighted by atomic mass is 9.93. The number of hydrogen-bond donors (Lipinski definition) is 2. The summed E-state index contributed by atoms with van der Waals surface area (Å²) >= 11 is 0. The van der Waals surface area contributed by atoms with Crippen molar-refractivity contribution in [2.24, 2.45) is 5.92 Å². The third-order valence-electron chi connectivity index (χ3n) is 5.14. The quantitative estimate of drug-likeness (QED) is 0.768. The van der Waals surface area contributed by atoms with Gasteiger partial charge in [0.15, 0.2) is 11.5 Å². The summed E-state index contributed by atoms with van der Waals surface area (Å²) in [5, 5.41) is 13.4. The van der Waals surface area contributed by atoms with Gasteiger partial charge in [0.1, 0.15) is 0 Å². The number of carbonyl (C=O) groups is 1. The average Bonchev–Trinajstić information content (AvgIpc) is 2.90. The van der Waals surface area contributed by atoms with Crippen LogP contribution in [0.2, 0.25) is 0 Å². The van der Waals surface area contributed by atoms with Crippen LogP contribution in [0.5, 0.6) is 11.5 Å². The van der Waals surface area contributed by atoms with Crippen LogP contribution in [0.1, 0.15) is 35.2 Å². The number of β-amino-alcohol motifs (C(OH)–C–C–N with tert-alkyl or cyclic N) is 1. The van der Waals surface area contributed by atoms with Gasteiger partial charge in [-0.15, -0.1) is 12.3 Å². The highest BCUT2D eigenvalue weighted by atomic mass is 16.5. The first-order valence-corrected chi connectivity index (χ1v) is 9.61. The smallest absolute Gasteiger partial charge is 0.255 e. The zero-order valence-electron chi connectivity index (χ0n) is 15.9. The molecule has 0 aromatic heterocycles. The van der Waals surface area contributed by atoms with Gasteiger partial charge >= 0.3 is 0 Å². The van der Waals surface area contributed by atoms with E-state index in [-0.39, 0.29) is 11.8 Å². The molecule has 0 bridgehead atoms. The first-order chi connectivity index (χ1) is 13.1. The molecule has 2 aliphatic rings. The van der Waals surface area contributed by atoms with Crippen LogP contribution in [0.4, 0.5) is 0 Å². The normalized spacial score (nSPS) is 22.6. The van der Waals surface area contributed by atoms with Gasteiger partial charge in [0.05, 0.1) is 24.9 Å². The van der Waals surface area contributed by atoms with Crippen LogP contribution >= 0.6 is 0 Å². The van der Waals surface area contributed by atoms with Crippen LogP contribution in [0, 0.1) is 25.2 Å². The fourth-order valence-corrected chi connectivity index (χ4v) is 3.61. The molecule has 0 aliphatic carbocycles. The molecular formula is C21H28N2O4. The topological polar surface area (TPSA) is 71.0 Å². The Labute approximate surface area is 160 Å². The second kappa shape index (κ2) is 9.12. The number of hydrogen-bond acceptors (Lipinski definition) is 5. The predicted molar refractivity (Wildman–Crippen MR) is 103 cm³/mol. The van der Waals surface area contributed by atoms with E-state index in [1.54, 1.807) is 0 Å². The molecule has 1 aromatic rings. The highest BCUT2D eigenvalue weighted by molar-refractivity contribution is 5.98. The first-order valence-electron chi connectivity index (χ1n) is 9.61. The minimum atomic E-state index is -0.467. The largest absolute Gasteiger partial charge is 0.490 e. The molecular weight excluding hydrogens is 344 g/mol. The zero-order chi connectivity index (χ0) is 19.2. The summed E-state index contributed by atoms with van der Waals surface area (Å²) in [4.78, 5) is 15.0. The predicted octanol–water partition coefficient (Wildman–Crippen LogP) is 1.59. The minimum absolute atomic E-state index is 0.0385. The number of ether oxygens (including phenoxy) is 2. The van der Waals surface area contributed by atoms with Gasteiger partial charge < -0.3 is 19.9 Å². The Morgan fingerprint density at radius 3 is 3.00 bits per heavy atom. The SMILES string of the molecule is C#CCCN1CC[C@@H](CNC(=O)c2cc(C)cc3c2OCCCO3)[C@H](O)C1. The summed E-state index contributed by atoms with van der Waals surface area (Å²) in [5.41, 5.74) is 1.44. The van der Waals surface area contributed by atoms with Crippen molar-refractivity contribution in [3.05, 3.63) is 23.3 Å². The number of benzene rings is 1. The molecule has 2 heterocycles. The van der Waals surface area contributed by atoms with Gasteiger partial charge in [-0.2, -0.15) is 0 Å². The van der Waals surface area contributed by atoms with Crippen molar-refractivity contribution >= 4 is 5.91 Å². The molecule has 3 rings (SSSR count). The molecule has 1 saturated heterocycles. The van der Waals surface area contributed by atoms with Gasteiger partial charge in [-0.1, -0.05) is 0 Å². The molecule has 6 nitrogen and oxygen atoms in total. The highest BCUT2D eigenvalue weighted by Crippen LogP contribution is 2.34. The molecule has 146 valence electrons. The van der Waals surface area contributed by atoms with E-state index >= 15 is 0 Å². The average molecular weight is 372 g/mol. The van der Waals surface area contributed by atoms with Crippen molar-refractivity contribution in [3.8, 4) is 23.8 Å². The standard InChI is InChI=1S/C21H28N2O4/c1-3-4-7-23-8-6-16(18(24)14-23)13-22-21(25)17-11-15(2)12-19-20(17)27-10-5-9-26-19/h1,11-12,16,18,24H,4-10,13-14H2,2H3,(H,22,25)/t16-,18+/m0/s1. The Bertz CT molecular complexity index is 713. The molecule has 1 aromatic carbocycles. The van der Waals surface area contributed by atoms with Gasteiger partial charge in [0, 0.05) is 38.4 Å². The summed E-state index contributed by atoms with van der Waals surface area (Å²) < 4.78 is 11.5. The molecule has 0 saturated carbocycles. The molecule has 0 spiro atoms. The fraction of sp³-hybridized carbons (Fsp3) is 0.571. The van der Waals surface area contributed by atoms with E-state index in [1.165, 1.54) is 0 Å². The molecule has 0 unspecified atom stereocenters. The summed E-state index contributed by atoms with van der Waals surface area (Å²) in [6, 6.07) is 3.72. The molecule has 2 aliphatic heterocycles. The van der Waals surface area contributed by atoms with E-state index in [1.807, 2.05) is 19.1 Å². The van der Waals surface area contributed by atoms with E-state index in [0.29, 0.717) is 49.8 Å². The highest BCUT2D eigenvalue weighted by Gasteiger charge is 2.28. The maximum Gasteiger partial charge on any atom is 0.255 e. The van der Waals surface area contributed by atoms with Crippen molar-refractivity contribution in [2.45, 2.75) is 32.3 Å². The number of piperidine rings is 1. The molecule has 2 atom stereocenters. The number of likely N-dealkylation sites (tertiary alicyclic amines) is 1. The first kappa shape index (κ1) is 19.5.